The highest BCUT2D eigenvalue weighted by atomic mass is 16.5. The van der Waals surface area contributed by atoms with Crippen molar-refractivity contribution in [1.29, 1.82) is 0 Å². The van der Waals surface area contributed by atoms with Crippen LogP contribution < -0.4 is 4.74 Å². The highest BCUT2D eigenvalue weighted by Gasteiger charge is 2.04. The molecule has 0 aliphatic carbocycles. The van der Waals surface area contributed by atoms with E-state index < -0.39 is 5.97 Å². The van der Waals surface area contributed by atoms with E-state index in [-0.39, 0.29) is 0 Å². The zero-order chi connectivity index (χ0) is 20.8. The first-order valence-electron chi connectivity index (χ1n) is 9.59. The molecule has 0 aromatic heterocycles. The summed E-state index contributed by atoms with van der Waals surface area (Å²) in [4.78, 5) is 16.7. The van der Waals surface area contributed by atoms with Gasteiger partial charge in [-0.15, -0.1) is 0 Å². The number of carbonyl (C=O) groups excluding carboxylic acids is 1. The molecule has 0 atom stereocenters. The van der Waals surface area contributed by atoms with E-state index in [1.165, 1.54) is 17.2 Å². The lowest BCUT2D eigenvalue weighted by Crippen LogP contribution is -2.03. The van der Waals surface area contributed by atoms with Crippen molar-refractivity contribution in [2.75, 3.05) is 0 Å². The normalized spacial score (nSPS) is 11.3. The zero-order valence-corrected chi connectivity index (χ0v) is 17.3. The molecule has 0 fully saturated rings. The van der Waals surface area contributed by atoms with E-state index in [0.29, 0.717) is 5.75 Å². The summed E-state index contributed by atoms with van der Waals surface area (Å²) in [6.07, 6.45) is 5.07. The molecule has 0 heterocycles. The predicted molar refractivity (Wildman–Crippen MR) is 120 cm³/mol. The third-order valence-electron chi connectivity index (χ3n) is 4.64. The molecule has 0 saturated carbocycles. The molecule has 0 saturated heterocycles. The minimum atomic E-state index is -0.403. The number of hydrogen-bond donors (Lipinski definition) is 0. The Kier molecular flexibility index (Phi) is 6.40. The highest BCUT2D eigenvalue weighted by molar-refractivity contribution is 5.89. The smallest absolute Gasteiger partial charge is 0.336 e. The second-order valence-electron chi connectivity index (χ2n) is 7.23. The molecule has 0 unspecified atom stereocenters. The maximum absolute atomic E-state index is 12.2. The van der Waals surface area contributed by atoms with Gasteiger partial charge in [-0.1, -0.05) is 53.6 Å². The van der Waals surface area contributed by atoms with Gasteiger partial charge in [0.25, 0.3) is 0 Å². The van der Waals surface area contributed by atoms with Gasteiger partial charge in [0.05, 0.1) is 5.69 Å². The van der Waals surface area contributed by atoms with Crippen LogP contribution in [0, 0.1) is 27.7 Å². The molecule has 0 aliphatic rings. The Morgan fingerprint density at radius 2 is 1.55 bits per heavy atom. The molecular weight excluding hydrogens is 358 g/mol. The fourth-order valence-electron chi connectivity index (χ4n) is 2.95. The summed E-state index contributed by atoms with van der Waals surface area (Å²) in [5.74, 6) is 0.104. The molecular formula is C26H25NO2. The van der Waals surface area contributed by atoms with Crippen LogP contribution in [-0.2, 0) is 4.79 Å². The Balaban J connectivity index is 1.65. The van der Waals surface area contributed by atoms with Crippen molar-refractivity contribution in [3.05, 3.63) is 100 Å². The standard InChI is InChI=1S/C26H25NO2/c1-18-5-8-22(9-6-18)17-27-25-13-12-24(16-21(25)4)29-26(28)14-11-23-10-7-19(2)15-20(23)3/h5-17H,1-4H3/b14-11+,27-17?. The van der Waals surface area contributed by atoms with Crippen LogP contribution in [0.1, 0.15) is 33.4 Å². The lowest BCUT2D eigenvalue weighted by molar-refractivity contribution is -0.128. The number of benzene rings is 3. The lowest BCUT2D eigenvalue weighted by atomic mass is 10.1. The lowest BCUT2D eigenvalue weighted by Gasteiger charge is -2.05. The van der Waals surface area contributed by atoms with E-state index in [2.05, 4.69) is 30.1 Å². The Labute approximate surface area is 172 Å². The van der Waals surface area contributed by atoms with Crippen LogP contribution in [0.5, 0.6) is 5.75 Å². The summed E-state index contributed by atoms with van der Waals surface area (Å²) >= 11 is 0. The molecule has 0 bridgehead atoms. The fourth-order valence-corrected chi connectivity index (χ4v) is 2.95. The fraction of sp³-hybridized carbons (Fsp3) is 0.154. The molecule has 146 valence electrons. The van der Waals surface area contributed by atoms with E-state index in [1.54, 1.807) is 12.1 Å². The number of esters is 1. The van der Waals surface area contributed by atoms with Gasteiger partial charge in [-0.25, -0.2) is 4.79 Å². The van der Waals surface area contributed by atoms with E-state index in [1.807, 2.05) is 63.4 Å². The van der Waals surface area contributed by atoms with Crippen molar-refractivity contribution in [3.8, 4) is 5.75 Å². The van der Waals surface area contributed by atoms with Crippen LogP contribution in [0.3, 0.4) is 0 Å². The van der Waals surface area contributed by atoms with Crippen LogP contribution >= 0.6 is 0 Å². The number of aryl methyl sites for hydroxylation is 4. The first-order valence-corrected chi connectivity index (χ1v) is 9.59. The number of nitrogens with zero attached hydrogens (tertiary/aromatic N) is 1. The van der Waals surface area contributed by atoms with Gasteiger partial charge in [-0.2, -0.15) is 0 Å². The number of rotatable bonds is 5. The zero-order valence-electron chi connectivity index (χ0n) is 17.3. The summed E-state index contributed by atoms with van der Waals surface area (Å²) in [7, 11) is 0. The maximum Gasteiger partial charge on any atom is 0.336 e. The molecule has 3 heteroatoms. The van der Waals surface area contributed by atoms with Gasteiger partial charge in [-0.3, -0.25) is 4.99 Å². The van der Waals surface area contributed by atoms with E-state index >= 15 is 0 Å². The highest BCUT2D eigenvalue weighted by Crippen LogP contribution is 2.24. The van der Waals surface area contributed by atoms with Crippen LogP contribution in [0.25, 0.3) is 6.08 Å². The second-order valence-corrected chi connectivity index (χ2v) is 7.23. The third kappa shape index (κ3) is 5.76. The first-order chi connectivity index (χ1) is 13.9. The van der Waals surface area contributed by atoms with Crippen LogP contribution in [0.2, 0.25) is 0 Å². The summed E-state index contributed by atoms with van der Waals surface area (Å²) in [6, 6.07) is 19.7. The Morgan fingerprint density at radius 3 is 2.24 bits per heavy atom. The molecule has 0 spiro atoms. The molecule has 0 radical (unpaired) electrons. The molecule has 0 amide bonds. The Bertz CT molecular complexity index is 1080. The molecule has 29 heavy (non-hydrogen) atoms. The molecule has 3 aromatic carbocycles. The molecule has 3 aromatic rings. The van der Waals surface area contributed by atoms with E-state index in [0.717, 1.165) is 27.9 Å². The molecule has 3 rings (SSSR count). The van der Waals surface area contributed by atoms with Crippen molar-refractivity contribution < 1.29 is 9.53 Å². The average molecular weight is 383 g/mol. The average Bonchev–Trinajstić information content (AvgIpc) is 2.68. The van der Waals surface area contributed by atoms with Gasteiger partial charge in [0, 0.05) is 12.3 Å². The minimum Gasteiger partial charge on any atom is -0.423 e. The van der Waals surface area contributed by atoms with Gasteiger partial charge < -0.3 is 4.74 Å². The van der Waals surface area contributed by atoms with Gasteiger partial charge in [0.15, 0.2) is 0 Å². The van der Waals surface area contributed by atoms with Gasteiger partial charge in [-0.05, 0) is 74.2 Å². The summed E-state index contributed by atoms with van der Waals surface area (Å²) in [5, 5.41) is 0. The van der Waals surface area contributed by atoms with Crippen LogP contribution in [0.15, 0.2) is 71.7 Å². The van der Waals surface area contributed by atoms with Gasteiger partial charge >= 0.3 is 5.97 Å². The van der Waals surface area contributed by atoms with Gasteiger partial charge in [0.1, 0.15) is 5.75 Å². The van der Waals surface area contributed by atoms with Crippen molar-refractivity contribution in [2.24, 2.45) is 4.99 Å². The topological polar surface area (TPSA) is 38.7 Å². The number of aliphatic imine (C=N–C) groups is 1. The third-order valence-corrected chi connectivity index (χ3v) is 4.64. The minimum absolute atomic E-state index is 0.403. The van der Waals surface area contributed by atoms with Crippen molar-refractivity contribution in [1.82, 2.24) is 0 Å². The summed E-state index contributed by atoms with van der Waals surface area (Å²) < 4.78 is 5.43. The quantitative estimate of drug-likeness (QED) is 0.225. The van der Waals surface area contributed by atoms with Crippen molar-refractivity contribution >= 4 is 23.9 Å². The van der Waals surface area contributed by atoms with Crippen LogP contribution in [-0.4, -0.2) is 12.2 Å². The summed E-state index contributed by atoms with van der Waals surface area (Å²) in [6.45, 7) is 8.08. The van der Waals surface area contributed by atoms with Crippen molar-refractivity contribution in [3.63, 3.8) is 0 Å². The van der Waals surface area contributed by atoms with E-state index in [9.17, 15) is 4.79 Å². The second kappa shape index (κ2) is 9.16. The monoisotopic (exact) mass is 383 g/mol. The Morgan fingerprint density at radius 1 is 0.828 bits per heavy atom. The first kappa shape index (κ1) is 20.3. The molecule has 0 aliphatic heterocycles. The van der Waals surface area contributed by atoms with Crippen molar-refractivity contribution in [2.45, 2.75) is 27.7 Å². The maximum atomic E-state index is 12.2. The number of carbonyl (C=O) groups is 1. The van der Waals surface area contributed by atoms with Gasteiger partial charge in [0.2, 0.25) is 0 Å². The predicted octanol–water partition coefficient (Wildman–Crippen LogP) is 6.29. The molecule has 0 N–H and O–H groups in total. The Hall–Kier alpha value is -3.46. The van der Waals surface area contributed by atoms with Crippen LogP contribution in [0.4, 0.5) is 5.69 Å². The van der Waals surface area contributed by atoms with E-state index in [4.69, 9.17) is 4.74 Å². The summed E-state index contributed by atoms with van der Waals surface area (Å²) in [5.41, 5.74) is 7.37. The number of ether oxygens (including phenoxy) is 1. The SMILES string of the molecule is Cc1ccc(C=Nc2ccc(OC(=O)/C=C/c3ccc(C)cc3C)cc2C)cc1. The largest absolute Gasteiger partial charge is 0.423 e. The molecule has 3 nitrogen and oxygen atoms in total. The number of hydrogen-bond acceptors (Lipinski definition) is 3.